The molecule has 0 atom stereocenters. The summed E-state index contributed by atoms with van der Waals surface area (Å²) in [6.07, 6.45) is 0. The lowest BCUT2D eigenvalue weighted by Gasteiger charge is -2.07. The van der Waals surface area contributed by atoms with E-state index in [0.29, 0.717) is 11.3 Å². The van der Waals surface area contributed by atoms with Gasteiger partial charge in [0.05, 0.1) is 11.6 Å². The Kier molecular flexibility index (Phi) is 3.46. The van der Waals surface area contributed by atoms with E-state index in [9.17, 15) is 0 Å². The van der Waals surface area contributed by atoms with Crippen LogP contribution < -0.4 is 4.74 Å². The Morgan fingerprint density at radius 2 is 1.71 bits per heavy atom. The molecule has 0 N–H and O–H groups in total. The van der Waals surface area contributed by atoms with Crippen molar-refractivity contribution in [2.75, 3.05) is 0 Å². The zero-order chi connectivity index (χ0) is 12.3. The van der Waals surface area contributed by atoms with E-state index in [1.54, 1.807) is 24.3 Å². The summed E-state index contributed by atoms with van der Waals surface area (Å²) in [4.78, 5) is 0. The molecule has 17 heavy (non-hydrogen) atoms. The van der Waals surface area contributed by atoms with E-state index in [0.717, 1.165) is 15.8 Å². The van der Waals surface area contributed by atoms with Gasteiger partial charge in [0, 0.05) is 4.47 Å². The van der Waals surface area contributed by atoms with Gasteiger partial charge in [0.2, 0.25) is 0 Å². The van der Waals surface area contributed by atoms with Gasteiger partial charge in [-0.3, -0.25) is 0 Å². The molecule has 0 saturated heterocycles. The van der Waals surface area contributed by atoms with Gasteiger partial charge in [-0.25, -0.2) is 0 Å². The van der Waals surface area contributed by atoms with Crippen molar-refractivity contribution in [1.82, 2.24) is 0 Å². The molecule has 1 radical (unpaired) electrons. The minimum atomic E-state index is 0.617. The predicted octanol–water partition coefficient (Wildman–Crippen LogP) is 4.30. The fourth-order valence-corrected chi connectivity index (χ4v) is 1.68. The van der Waals surface area contributed by atoms with Gasteiger partial charge in [0.25, 0.3) is 0 Å². The van der Waals surface area contributed by atoms with Crippen LogP contribution in [0.5, 0.6) is 11.5 Å². The van der Waals surface area contributed by atoms with Gasteiger partial charge in [0.15, 0.2) is 0 Å². The second-order valence-electron chi connectivity index (χ2n) is 3.49. The van der Waals surface area contributed by atoms with Crippen molar-refractivity contribution in [3.05, 3.63) is 65.0 Å². The van der Waals surface area contributed by atoms with Crippen LogP contribution in [0.1, 0.15) is 11.1 Å². The molecule has 0 fully saturated rings. The van der Waals surface area contributed by atoms with E-state index in [-0.39, 0.29) is 0 Å². The standard InChI is InChI=1S/C14H9BrNO/c1-10-2-5-13(8-14(10)15)17-12-6-3-11(9-16)4-7-12/h2-8H,1H2. The van der Waals surface area contributed by atoms with E-state index in [1.807, 2.05) is 18.2 Å². The minimum Gasteiger partial charge on any atom is -0.457 e. The Morgan fingerprint density at radius 3 is 2.29 bits per heavy atom. The maximum Gasteiger partial charge on any atom is 0.128 e. The average molecular weight is 287 g/mol. The first-order valence-corrected chi connectivity index (χ1v) is 5.78. The van der Waals surface area contributed by atoms with E-state index >= 15 is 0 Å². The molecule has 2 aromatic carbocycles. The van der Waals surface area contributed by atoms with E-state index in [4.69, 9.17) is 10.00 Å². The summed E-state index contributed by atoms with van der Waals surface area (Å²) >= 11 is 3.40. The molecular weight excluding hydrogens is 278 g/mol. The normalized spacial score (nSPS) is 9.71. The topological polar surface area (TPSA) is 33.0 Å². The number of nitrogens with zero attached hydrogens (tertiary/aromatic N) is 1. The minimum absolute atomic E-state index is 0.617. The Balaban J connectivity index is 2.20. The first-order valence-electron chi connectivity index (χ1n) is 4.98. The van der Waals surface area contributed by atoms with Crippen molar-refractivity contribution in [3.8, 4) is 17.6 Å². The Bertz CT molecular complexity index is 570. The lowest BCUT2D eigenvalue weighted by molar-refractivity contribution is 0.482. The largest absolute Gasteiger partial charge is 0.457 e. The molecule has 0 amide bonds. The average Bonchev–Trinajstić information content (AvgIpc) is 2.35. The maximum atomic E-state index is 8.68. The molecule has 2 aromatic rings. The summed E-state index contributed by atoms with van der Waals surface area (Å²) in [5.41, 5.74) is 1.53. The first kappa shape index (κ1) is 11.7. The SMILES string of the molecule is [CH2]c1ccc(Oc2ccc(C#N)cc2)cc1Br. The molecule has 2 rings (SSSR count). The second-order valence-corrected chi connectivity index (χ2v) is 4.35. The third-order valence-corrected chi connectivity index (χ3v) is 2.98. The maximum absolute atomic E-state index is 8.68. The highest BCUT2D eigenvalue weighted by Crippen LogP contribution is 2.26. The lowest BCUT2D eigenvalue weighted by Crippen LogP contribution is -1.85. The van der Waals surface area contributed by atoms with Gasteiger partial charge in [-0.1, -0.05) is 22.0 Å². The number of hydrogen-bond donors (Lipinski definition) is 0. The molecule has 0 saturated carbocycles. The van der Waals surface area contributed by atoms with Gasteiger partial charge in [-0.15, -0.1) is 0 Å². The Hall–Kier alpha value is -1.79. The van der Waals surface area contributed by atoms with Crippen LogP contribution in [-0.2, 0) is 0 Å². The highest BCUT2D eigenvalue weighted by Gasteiger charge is 2.00. The van der Waals surface area contributed by atoms with Gasteiger partial charge < -0.3 is 4.74 Å². The molecule has 0 bridgehead atoms. The molecule has 0 aliphatic heterocycles. The van der Waals surface area contributed by atoms with Crippen LogP contribution in [0.4, 0.5) is 0 Å². The van der Waals surface area contributed by atoms with Crippen molar-refractivity contribution in [2.24, 2.45) is 0 Å². The van der Waals surface area contributed by atoms with Gasteiger partial charge >= 0.3 is 0 Å². The van der Waals surface area contributed by atoms with Crippen LogP contribution >= 0.6 is 15.9 Å². The molecule has 2 nitrogen and oxygen atoms in total. The number of halogens is 1. The summed E-state index contributed by atoms with van der Waals surface area (Å²) in [5, 5.41) is 8.68. The molecule has 0 heterocycles. The number of ether oxygens (including phenoxy) is 1. The van der Waals surface area contributed by atoms with Crippen LogP contribution in [0, 0.1) is 18.3 Å². The molecule has 83 valence electrons. The number of hydrogen-bond acceptors (Lipinski definition) is 2. The molecule has 3 heteroatoms. The van der Waals surface area contributed by atoms with Crippen molar-refractivity contribution in [1.29, 1.82) is 5.26 Å². The number of nitriles is 1. The quantitative estimate of drug-likeness (QED) is 0.825. The zero-order valence-corrected chi connectivity index (χ0v) is 10.6. The van der Waals surface area contributed by atoms with Crippen LogP contribution in [0.15, 0.2) is 46.9 Å². The molecule has 0 aliphatic carbocycles. The molecule has 0 aromatic heterocycles. The Morgan fingerprint density at radius 1 is 1.06 bits per heavy atom. The third-order valence-electron chi connectivity index (χ3n) is 2.24. The van der Waals surface area contributed by atoms with Crippen LogP contribution in [0.3, 0.4) is 0 Å². The zero-order valence-electron chi connectivity index (χ0n) is 8.98. The number of benzene rings is 2. The summed E-state index contributed by atoms with van der Waals surface area (Å²) < 4.78 is 6.55. The fraction of sp³-hybridized carbons (Fsp3) is 0. The van der Waals surface area contributed by atoms with Gasteiger partial charge in [-0.05, 0) is 48.9 Å². The number of rotatable bonds is 2. The summed E-state index contributed by atoms with van der Waals surface area (Å²) in [7, 11) is 0. The van der Waals surface area contributed by atoms with Crippen LogP contribution in [0.25, 0.3) is 0 Å². The third kappa shape index (κ3) is 2.86. The molecule has 0 spiro atoms. The molecule has 0 aliphatic rings. The van der Waals surface area contributed by atoms with Crippen molar-refractivity contribution >= 4 is 15.9 Å². The fourth-order valence-electron chi connectivity index (χ4n) is 1.33. The van der Waals surface area contributed by atoms with E-state index in [1.165, 1.54) is 0 Å². The van der Waals surface area contributed by atoms with Crippen LogP contribution in [0.2, 0.25) is 0 Å². The van der Waals surface area contributed by atoms with Gasteiger partial charge in [0.1, 0.15) is 11.5 Å². The van der Waals surface area contributed by atoms with E-state index < -0.39 is 0 Å². The van der Waals surface area contributed by atoms with Crippen molar-refractivity contribution < 1.29 is 4.74 Å². The highest BCUT2D eigenvalue weighted by molar-refractivity contribution is 9.10. The second kappa shape index (κ2) is 5.03. The van der Waals surface area contributed by atoms with E-state index in [2.05, 4.69) is 28.9 Å². The first-order chi connectivity index (χ1) is 8.19. The predicted molar refractivity (Wildman–Crippen MR) is 69.8 cm³/mol. The van der Waals surface area contributed by atoms with Gasteiger partial charge in [-0.2, -0.15) is 5.26 Å². The Labute approximate surface area is 109 Å². The summed E-state index contributed by atoms with van der Waals surface area (Å²) in [5.74, 6) is 1.43. The lowest BCUT2D eigenvalue weighted by atomic mass is 10.2. The monoisotopic (exact) mass is 286 g/mol. The molecule has 0 unspecified atom stereocenters. The summed E-state index contributed by atoms with van der Waals surface area (Å²) in [6, 6.07) is 14.6. The smallest absolute Gasteiger partial charge is 0.128 e. The van der Waals surface area contributed by atoms with Crippen LogP contribution in [-0.4, -0.2) is 0 Å². The van der Waals surface area contributed by atoms with Crippen molar-refractivity contribution in [3.63, 3.8) is 0 Å². The van der Waals surface area contributed by atoms with Crippen molar-refractivity contribution in [2.45, 2.75) is 0 Å². The molecular formula is C14H9BrNO. The highest BCUT2D eigenvalue weighted by atomic mass is 79.9. The summed E-state index contributed by atoms with van der Waals surface area (Å²) in [6.45, 7) is 3.85.